The van der Waals surface area contributed by atoms with Gasteiger partial charge in [-0.2, -0.15) is 0 Å². The van der Waals surface area contributed by atoms with Crippen LogP contribution in [-0.4, -0.2) is 0 Å². The fourth-order valence-electron chi connectivity index (χ4n) is 7.04. The van der Waals surface area contributed by atoms with Crippen molar-refractivity contribution in [2.75, 3.05) is 0 Å². The molecular formula is C39H58. The Morgan fingerprint density at radius 1 is 0.513 bits per heavy atom. The predicted molar refractivity (Wildman–Crippen MR) is 174 cm³/mol. The van der Waals surface area contributed by atoms with Gasteiger partial charge in [0.2, 0.25) is 0 Å². The summed E-state index contributed by atoms with van der Waals surface area (Å²) in [7, 11) is 0. The van der Waals surface area contributed by atoms with Crippen molar-refractivity contribution < 1.29 is 0 Å². The zero-order valence-electron chi connectivity index (χ0n) is 25.7. The summed E-state index contributed by atoms with van der Waals surface area (Å²) in [5.41, 5.74) is 7.15. The van der Waals surface area contributed by atoms with Crippen LogP contribution >= 0.6 is 0 Å². The third-order valence-corrected chi connectivity index (χ3v) is 9.35. The maximum atomic E-state index is 5.90. The van der Waals surface area contributed by atoms with Gasteiger partial charge < -0.3 is 0 Å². The fraction of sp³-hybridized carbons (Fsp3) is 0.641. The summed E-state index contributed by atoms with van der Waals surface area (Å²) < 4.78 is 0. The van der Waals surface area contributed by atoms with Crippen LogP contribution in [0.1, 0.15) is 172 Å². The Labute approximate surface area is 242 Å². The van der Waals surface area contributed by atoms with E-state index in [1.54, 1.807) is 5.56 Å². The summed E-state index contributed by atoms with van der Waals surface area (Å²) in [6, 6.07) is 16.1. The molecule has 0 heterocycles. The lowest BCUT2D eigenvalue weighted by Crippen LogP contribution is -2.25. The van der Waals surface area contributed by atoms with Gasteiger partial charge in [0.15, 0.2) is 0 Å². The maximum absolute atomic E-state index is 5.90. The molecule has 0 aromatic heterocycles. The summed E-state index contributed by atoms with van der Waals surface area (Å²) in [4.78, 5) is 0. The zero-order valence-corrected chi connectivity index (χ0v) is 25.7. The lowest BCUT2D eigenvalue weighted by atomic mass is 9.70. The average Bonchev–Trinajstić information content (AvgIpc) is 3.24. The number of fused-ring (bicyclic) bond motifs is 3. The van der Waals surface area contributed by atoms with E-state index in [2.05, 4.69) is 62.2 Å². The monoisotopic (exact) mass is 526 g/mol. The summed E-state index contributed by atoms with van der Waals surface area (Å²) in [5.74, 6) is 2.94. The standard InChI is InChI=1S/C39H58/c1-4-7-9-11-13-15-17-19-21-25-31-39(32-26-22-20-18-16-14-12-10-8-5-2)37-28-24-23-27-35(37)36-30-29-34(6-3)33-38(36)39/h3,23-24,27-30,33H,4-5,7-22,25-26,31-32H2,1-2H3. The molecule has 0 atom stereocenters. The van der Waals surface area contributed by atoms with Crippen LogP contribution in [0.2, 0.25) is 0 Å². The minimum Gasteiger partial charge on any atom is -0.115 e. The van der Waals surface area contributed by atoms with E-state index in [0.717, 1.165) is 5.56 Å². The molecule has 2 aromatic rings. The molecule has 0 aliphatic heterocycles. The average molecular weight is 527 g/mol. The SMILES string of the molecule is C#Cc1ccc2c(c1)C(CCCCCCCCCCCC)(CCCCCCCCCCCC)c1ccccc1-2. The first kappa shape index (κ1) is 31.5. The molecule has 0 heteroatoms. The van der Waals surface area contributed by atoms with Crippen molar-refractivity contribution in [3.8, 4) is 23.5 Å². The van der Waals surface area contributed by atoms with Crippen LogP contribution in [0.5, 0.6) is 0 Å². The molecule has 0 spiro atoms. The lowest BCUT2D eigenvalue weighted by molar-refractivity contribution is 0.397. The Kier molecular flexibility index (Phi) is 14.8. The molecule has 0 N–H and O–H groups in total. The highest BCUT2D eigenvalue weighted by Crippen LogP contribution is 2.54. The predicted octanol–water partition coefficient (Wildman–Crippen LogP) is 12.6. The molecule has 0 nitrogen and oxygen atoms in total. The highest BCUT2D eigenvalue weighted by Gasteiger charge is 2.42. The minimum absolute atomic E-state index is 0.138. The van der Waals surface area contributed by atoms with Gasteiger partial charge in [-0.15, -0.1) is 6.42 Å². The Balaban J connectivity index is 1.58. The van der Waals surface area contributed by atoms with Gasteiger partial charge in [0.1, 0.15) is 0 Å². The number of hydrogen-bond donors (Lipinski definition) is 0. The van der Waals surface area contributed by atoms with Crippen molar-refractivity contribution in [1.29, 1.82) is 0 Å². The first-order chi connectivity index (χ1) is 19.3. The van der Waals surface area contributed by atoms with E-state index >= 15 is 0 Å². The van der Waals surface area contributed by atoms with E-state index in [0.29, 0.717) is 0 Å². The van der Waals surface area contributed by atoms with Gasteiger partial charge in [-0.05, 0) is 47.2 Å². The van der Waals surface area contributed by atoms with Gasteiger partial charge in [-0.1, -0.05) is 179 Å². The number of unbranched alkanes of at least 4 members (excludes halogenated alkanes) is 18. The largest absolute Gasteiger partial charge is 0.115 e. The van der Waals surface area contributed by atoms with Gasteiger partial charge in [-0.3, -0.25) is 0 Å². The fourth-order valence-corrected chi connectivity index (χ4v) is 7.04. The first-order valence-electron chi connectivity index (χ1n) is 17.0. The van der Waals surface area contributed by atoms with Crippen LogP contribution in [0.4, 0.5) is 0 Å². The second-order valence-electron chi connectivity index (χ2n) is 12.4. The van der Waals surface area contributed by atoms with Crippen LogP contribution in [0.15, 0.2) is 42.5 Å². The molecule has 0 saturated heterocycles. The van der Waals surface area contributed by atoms with Crippen LogP contribution in [0, 0.1) is 12.3 Å². The molecule has 1 aliphatic carbocycles. The molecule has 214 valence electrons. The van der Waals surface area contributed by atoms with Crippen LogP contribution in [-0.2, 0) is 5.41 Å². The van der Waals surface area contributed by atoms with Crippen molar-refractivity contribution in [2.45, 2.75) is 161 Å². The molecule has 0 unspecified atom stereocenters. The second kappa shape index (κ2) is 18.4. The van der Waals surface area contributed by atoms with E-state index in [1.807, 2.05) is 0 Å². The van der Waals surface area contributed by atoms with Gasteiger partial charge in [0.05, 0.1) is 0 Å². The van der Waals surface area contributed by atoms with Crippen molar-refractivity contribution in [3.05, 3.63) is 59.2 Å². The molecule has 2 aromatic carbocycles. The number of rotatable bonds is 22. The molecule has 1 aliphatic rings. The van der Waals surface area contributed by atoms with E-state index < -0.39 is 0 Å². The molecule has 3 rings (SSSR count). The maximum Gasteiger partial charge on any atom is 0.0246 e. The van der Waals surface area contributed by atoms with Crippen molar-refractivity contribution in [1.82, 2.24) is 0 Å². The molecule has 39 heavy (non-hydrogen) atoms. The molecule has 0 amide bonds. The quantitative estimate of drug-likeness (QED) is 0.106. The Bertz CT molecular complexity index is 950. The van der Waals surface area contributed by atoms with Crippen molar-refractivity contribution in [2.24, 2.45) is 0 Å². The smallest absolute Gasteiger partial charge is 0.0246 e. The minimum atomic E-state index is 0.138. The molecule has 0 radical (unpaired) electrons. The Morgan fingerprint density at radius 3 is 1.44 bits per heavy atom. The first-order valence-corrected chi connectivity index (χ1v) is 17.0. The van der Waals surface area contributed by atoms with Gasteiger partial charge in [0.25, 0.3) is 0 Å². The van der Waals surface area contributed by atoms with Crippen molar-refractivity contribution >= 4 is 0 Å². The van der Waals surface area contributed by atoms with Gasteiger partial charge >= 0.3 is 0 Å². The van der Waals surface area contributed by atoms with Crippen LogP contribution in [0.3, 0.4) is 0 Å². The Hall–Kier alpha value is -2.00. The summed E-state index contributed by atoms with van der Waals surface area (Å²) in [6.45, 7) is 4.61. The van der Waals surface area contributed by atoms with E-state index in [9.17, 15) is 0 Å². The van der Waals surface area contributed by atoms with Crippen LogP contribution in [0.25, 0.3) is 11.1 Å². The number of benzene rings is 2. The topological polar surface area (TPSA) is 0 Å². The van der Waals surface area contributed by atoms with Crippen molar-refractivity contribution in [3.63, 3.8) is 0 Å². The molecule has 0 bridgehead atoms. The molecule has 0 fully saturated rings. The second-order valence-corrected chi connectivity index (χ2v) is 12.4. The number of hydrogen-bond acceptors (Lipinski definition) is 0. The molecular weight excluding hydrogens is 468 g/mol. The Morgan fingerprint density at radius 2 is 0.949 bits per heavy atom. The van der Waals surface area contributed by atoms with Gasteiger partial charge in [0, 0.05) is 11.0 Å². The van der Waals surface area contributed by atoms with E-state index in [-0.39, 0.29) is 5.41 Å². The third kappa shape index (κ3) is 9.55. The lowest BCUT2D eigenvalue weighted by Gasteiger charge is -2.33. The van der Waals surface area contributed by atoms with Gasteiger partial charge in [-0.25, -0.2) is 0 Å². The summed E-state index contributed by atoms with van der Waals surface area (Å²) >= 11 is 0. The normalized spacial score (nSPS) is 13.3. The molecule has 0 saturated carbocycles. The number of terminal acetylenes is 1. The van der Waals surface area contributed by atoms with E-state index in [4.69, 9.17) is 6.42 Å². The highest BCUT2D eigenvalue weighted by atomic mass is 14.4. The zero-order chi connectivity index (χ0) is 27.6. The summed E-state index contributed by atoms with van der Waals surface area (Å²) in [5, 5.41) is 0. The third-order valence-electron chi connectivity index (χ3n) is 9.35. The highest BCUT2D eigenvalue weighted by molar-refractivity contribution is 5.81. The van der Waals surface area contributed by atoms with E-state index in [1.165, 1.54) is 158 Å². The van der Waals surface area contributed by atoms with Crippen LogP contribution < -0.4 is 0 Å². The summed E-state index contributed by atoms with van der Waals surface area (Å²) in [6.07, 6.45) is 36.3.